The van der Waals surface area contributed by atoms with Gasteiger partial charge in [-0.15, -0.1) is 0 Å². The zero-order valence-electron chi connectivity index (χ0n) is 12.1. The Morgan fingerprint density at radius 1 is 1.32 bits per heavy atom. The van der Waals surface area contributed by atoms with Crippen LogP contribution in [0.2, 0.25) is 0 Å². The molecule has 0 aliphatic carbocycles. The van der Waals surface area contributed by atoms with Crippen molar-refractivity contribution in [2.45, 2.75) is 32.4 Å². The summed E-state index contributed by atoms with van der Waals surface area (Å²) in [5, 5.41) is 0. The Morgan fingerprint density at radius 3 is 2.47 bits per heavy atom. The van der Waals surface area contributed by atoms with Crippen molar-refractivity contribution in [2.75, 3.05) is 20.3 Å². The molecule has 0 bridgehead atoms. The van der Waals surface area contributed by atoms with Crippen LogP contribution in [-0.4, -0.2) is 36.6 Å². The summed E-state index contributed by atoms with van der Waals surface area (Å²) in [6.07, 6.45) is 0.337. The molecule has 0 spiro atoms. The van der Waals surface area contributed by atoms with Gasteiger partial charge in [-0.2, -0.15) is 0 Å². The number of nitrogens with zero attached hydrogens (tertiary/aromatic N) is 1. The van der Waals surface area contributed by atoms with Gasteiger partial charge in [0, 0.05) is 32.2 Å². The van der Waals surface area contributed by atoms with Crippen molar-refractivity contribution >= 4 is 5.91 Å². The predicted molar refractivity (Wildman–Crippen MR) is 76.6 cm³/mol. The predicted octanol–water partition coefficient (Wildman–Crippen LogP) is 1.79. The van der Waals surface area contributed by atoms with Crippen molar-refractivity contribution in [3.63, 3.8) is 0 Å². The molecule has 0 aromatic heterocycles. The average molecular weight is 264 g/mol. The van der Waals surface area contributed by atoms with Crippen LogP contribution in [0.1, 0.15) is 25.8 Å². The molecule has 0 atom stereocenters. The molecule has 1 rings (SSSR count). The number of amides is 1. The van der Waals surface area contributed by atoms with Gasteiger partial charge in [0.1, 0.15) is 0 Å². The van der Waals surface area contributed by atoms with E-state index in [1.54, 1.807) is 12.0 Å². The summed E-state index contributed by atoms with van der Waals surface area (Å²) < 4.78 is 5.07. The molecule has 19 heavy (non-hydrogen) atoms. The lowest BCUT2D eigenvalue weighted by Gasteiger charge is -2.26. The van der Waals surface area contributed by atoms with Gasteiger partial charge in [-0.1, -0.05) is 30.3 Å². The van der Waals surface area contributed by atoms with Crippen LogP contribution in [0.25, 0.3) is 0 Å². The lowest BCUT2D eigenvalue weighted by Crippen LogP contribution is -2.42. The minimum Gasteiger partial charge on any atom is -0.383 e. The van der Waals surface area contributed by atoms with Gasteiger partial charge in [-0.25, -0.2) is 0 Å². The maximum atomic E-state index is 12.3. The quantitative estimate of drug-likeness (QED) is 0.817. The highest BCUT2D eigenvalue weighted by Crippen LogP contribution is 2.11. The smallest absolute Gasteiger partial charge is 0.224 e. The Labute approximate surface area is 115 Å². The zero-order chi connectivity index (χ0) is 14.3. The number of methoxy groups -OCH3 is 1. The van der Waals surface area contributed by atoms with Crippen molar-refractivity contribution in [3.05, 3.63) is 35.9 Å². The highest BCUT2D eigenvalue weighted by molar-refractivity contribution is 5.77. The molecule has 2 N–H and O–H groups in total. The fourth-order valence-electron chi connectivity index (χ4n) is 1.80. The summed E-state index contributed by atoms with van der Waals surface area (Å²) in [5.74, 6) is 0.0633. The third-order valence-corrected chi connectivity index (χ3v) is 2.74. The maximum Gasteiger partial charge on any atom is 0.224 e. The summed E-state index contributed by atoms with van der Waals surface area (Å²) in [7, 11) is 1.64. The molecular weight excluding hydrogens is 240 g/mol. The SMILES string of the molecule is COCCN(Cc1ccccc1)C(=O)CC(C)(C)N. The van der Waals surface area contributed by atoms with Crippen LogP contribution in [0.3, 0.4) is 0 Å². The molecule has 0 aliphatic heterocycles. The van der Waals surface area contributed by atoms with Crippen molar-refractivity contribution < 1.29 is 9.53 Å². The average Bonchev–Trinajstić information content (AvgIpc) is 2.33. The molecule has 4 nitrogen and oxygen atoms in total. The Morgan fingerprint density at radius 2 is 1.95 bits per heavy atom. The number of hydrogen-bond acceptors (Lipinski definition) is 3. The highest BCUT2D eigenvalue weighted by Gasteiger charge is 2.21. The van der Waals surface area contributed by atoms with Crippen LogP contribution in [0.15, 0.2) is 30.3 Å². The molecule has 0 radical (unpaired) electrons. The Bertz CT molecular complexity index is 385. The Hall–Kier alpha value is -1.39. The number of ether oxygens (including phenoxy) is 1. The minimum absolute atomic E-state index is 0.0633. The van der Waals surface area contributed by atoms with Crippen LogP contribution in [0.5, 0.6) is 0 Å². The van der Waals surface area contributed by atoms with E-state index in [-0.39, 0.29) is 5.91 Å². The number of carbonyl (C=O) groups is 1. The largest absolute Gasteiger partial charge is 0.383 e. The van der Waals surface area contributed by atoms with E-state index in [9.17, 15) is 4.79 Å². The van der Waals surface area contributed by atoms with Crippen LogP contribution in [0, 0.1) is 0 Å². The molecule has 0 fully saturated rings. The molecule has 1 amide bonds. The number of hydrogen-bond donors (Lipinski definition) is 1. The molecule has 106 valence electrons. The Kier molecular flexibility index (Phi) is 5.99. The van der Waals surface area contributed by atoms with Crippen LogP contribution in [0.4, 0.5) is 0 Å². The molecule has 1 aromatic rings. The summed E-state index contributed by atoms with van der Waals surface area (Å²) in [6.45, 7) is 5.44. The van der Waals surface area contributed by atoms with Gasteiger partial charge in [0.2, 0.25) is 5.91 Å². The van der Waals surface area contributed by atoms with Gasteiger partial charge in [-0.3, -0.25) is 4.79 Å². The topological polar surface area (TPSA) is 55.6 Å². The van der Waals surface area contributed by atoms with E-state index < -0.39 is 5.54 Å². The third-order valence-electron chi connectivity index (χ3n) is 2.74. The van der Waals surface area contributed by atoms with Crippen LogP contribution >= 0.6 is 0 Å². The second kappa shape index (κ2) is 7.26. The molecule has 1 aromatic carbocycles. The molecule has 0 saturated heterocycles. The lowest BCUT2D eigenvalue weighted by molar-refractivity contribution is -0.133. The van der Waals surface area contributed by atoms with E-state index in [1.165, 1.54) is 0 Å². The number of rotatable bonds is 7. The maximum absolute atomic E-state index is 12.3. The van der Waals surface area contributed by atoms with E-state index in [0.717, 1.165) is 5.56 Å². The molecule has 0 heterocycles. The molecule has 0 aliphatic rings. The van der Waals surface area contributed by atoms with Crippen molar-refractivity contribution in [3.8, 4) is 0 Å². The van der Waals surface area contributed by atoms with Crippen molar-refractivity contribution in [1.82, 2.24) is 4.90 Å². The van der Waals surface area contributed by atoms with Crippen LogP contribution in [-0.2, 0) is 16.1 Å². The van der Waals surface area contributed by atoms with Gasteiger partial charge in [0.25, 0.3) is 0 Å². The monoisotopic (exact) mass is 264 g/mol. The van der Waals surface area contributed by atoms with Gasteiger partial charge in [0.15, 0.2) is 0 Å². The van der Waals surface area contributed by atoms with Gasteiger partial charge >= 0.3 is 0 Å². The van der Waals surface area contributed by atoms with E-state index in [1.807, 2.05) is 44.2 Å². The lowest BCUT2D eigenvalue weighted by atomic mass is 10.0. The normalized spacial score (nSPS) is 11.4. The first-order valence-corrected chi connectivity index (χ1v) is 6.52. The van der Waals surface area contributed by atoms with E-state index in [0.29, 0.717) is 26.1 Å². The second-order valence-corrected chi connectivity index (χ2v) is 5.46. The summed E-state index contributed by atoms with van der Waals surface area (Å²) in [6, 6.07) is 9.94. The zero-order valence-corrected chi connectivity index (χ0v) is 12.1. The first-order chi connectivity index (χ1) is 8.92. The fraction of sp³-hybridized carbons (Fsp3) is 0.533. The molecular formula is C15H24N2O2. The molecule has 0 saturated carbocycles. The van der Waals surface area contributed by atoms with Crippen molar-refractivity contribution in [2.24, 2.45) is 5.73 Å². The number of benzene rings is 1. The third kappa shape index (κ3) is 6.36. The molecule has 4 heteroatoms. The van der Waals surface area contributed by atoms with Gasteiger partial charge in [0.05, 0.1) is 6.61 Å². The summed E-state index contributed by atoms with van der Waals surface area (Å²) in [5.41, 5.74) is 6.54. The number of nitrogens with two attached hydrogens (primary N) is 1. The van der Waals surface area contributed by atoms with Gasteiger partial charge < -0.3 is 15.4 Å². The fourth-order valence-corrected chi connectivity index (χ4v) is 1.80. The van der Waals surface area contributed by atoms with Crippen LogP contribution < -0.4 is 5.73 Å². The highest BCUT2D eigenvalue weighted by atomic mass is 16.5. The Balaban J connectivity index is 2.68. The minimum atomic E-state index is -0.487. The number of carbonyl (C=O) groups excluding carboxylic acids is 1. The van der Waals surface area contributed by atoms with Gasteiger partial charge in [-0.05, 0) is 19.4 Å². The second-order valence-electron chi connectivity index (χ2n) is 5.46. The standard InChI is InChI=1S/C15H24N2O2/c1-15(2,16)11-14(18)17(9-10-19-3)12-13-7-5-4-6-8-13/h4-8H,9-12,16H2,1-3H3. The summed E-state index contributed by atoms with van der Waals surface area (Å²) >= 11 is 0. The van der Waals surface area contributed by atoms with E-state index in [4.69, 9.17) is 10.5 Å². The first kappa shape index (κ1) is 15.7. The van der Waals surface area contributed by atoms with Crippen molar-refractivity contribution in [1.29, 1.82) is 0 Å². The van der Waals surface area contributed by atoms with E-state index >= 15 is 0 Å². The first-order valence-electron chi connectivity index (χ1n) is 6.52. The summed E-state index contributed by atoms with van der Waals surface area (Å²) in [4.78, 5) is 14.1. The van der Waals surface area contributed by atoms with E-state index in [2.05, 4.69) is 0 Å². The molecule has 0 unspecified atom stereocenters.